The molecule has 0 aliphatic carbocycles. The highest BCUT2D eigenvalue weighted by Crippen LogP contribution is 2.29. The van der Waals surface area contributed by atoms with Crippen molar-refractivity contribution in [2.75, 3.05) is 6.54 Å². The Kier molecular flexibility index (Phi) is 6.29. The van der Waals surface area contributed by atoms with E-state index in [-0.39, 0.29) is 18.0 Å². The molecule has 0 saturated carbocycles. The summed E-state index contributed by atoms with van der Waals surface area (Å²) in [4.78, 5) is 0. The number of benzene rings is 1. The van der Waals surface area contributed by atoms with Crippen LogP contribution in [0.4, 0.5) is 4.39 Å². The molecule has 0 aliphatic rings. The summed E-state index contributed by atoms with van der Waals surface area (Å²) in [6.45, 7) is 10.9. The molecule has 1 rings (SSSR count). The summed E-state index contributed by atoms with van der Waals surface area (Å²) in [7, 11) is 0. The summed E-state index contributed by atoms with van der Waals surface area (Å²) >= 11 is 0. The molecular formula is C16H26FNO. The normalized spacial score (nSPS) is 14.2. The Morgan fingerprint density at radius 3 is 2.53 bits per heavy atom. The first-order chi connectivity index (χ1) is 8.99. The fourth-order valence-corrected chi connectivity index (χ4v) is 2.21. The van der Waals surface area contributed by atoms with Crippen molar-refractivity contribution in [2.24, 2.45) is 0 Å². The molecule has 2 unspecified atom stereocenters. The molecule has 0 saturated heterocycles. The highest BCUT2D eigenvalue weighted by molar-refractivity contribution is 5.40. The number of ether oxygens (including phenoxy) is 1. The van der Waals surface area contributed by atoms with Gasteiger partial charge in [0.05, 0.1) is 6.10 Å². The molecule has 0 heterocycles. The van der Waals surface area contributed by atoms with E-state index in [1.807, 2.05) is 19.9 Å². The number of aryl methyl sites for hydroxylation is 1. The van der Waals surface area contributed by atoms with Crippen molar-refractivity contribution in [3.63, 3.8) is 0 Å². The third-order valence-electron chi connectivity index (χ3n) is 3.29. The van der Waals surface area contributed by atoms with E-state index >= 15 is 0 Å². The van der Waals surface area contributed by atoms with Gasteiger partial charge in [-0.25, -0.2) is 4.39 Å². The quantitative estimate of drug-likeness (QED) is 0.792. The van der Waals surface area contributed by atoms with Crippen molar-refractivity contribution in [3.8, 4) is 5.75 Å². The topological polar surface area (TPSA) is 21.3 Å². The molecule has 0 spiro atoms. The maximum Gasteiger partial charge on any atom is 0.126 e. The van der Waals surface area contributed by atoms with E-state index in [0.29, 0.717) is 5.56 Å². The Morgan fingerprint density at radius 1 is 1.26 bits per heavy atom. The lowest BCUT2D eigenvalue weighted by molar-refractivity contribution is 0.206. The van der Waals surface area contributed by atoms with Crippen molar-refractivity contribution in [3.05, 3.63) is 29.1 Å². The average Bonchev–Trinajstić information content (AvgIpc) is 2.34. The Bertz CT molecular complexity index is 406. The zero-order valence-corrected chi connectivity index (χ0v) is 12.7. The van der Waals surface area contributed by atoms with Crippen molar-refractivity contribution in [2.45, 2.75) is 59.6 Å². The molecule has 2 atom stereocenters. The van der Waals surface area contributed by atoms with Gasteiger partial charge in [-0.05, 0) is 51.4 Å². The van der Waals surface area contributed by atoms with Crippen LogP contribution in [0, 0.1) is 12.7 Å². The molecule has 2 nitrogen and oxygen atoms in total. The van der Waals surface area contributed by atoms with Crippen LogP contribution < -0.4 is 10.1 Å². The number of rotatable bonds is 7. The summed E-state index contributed by atoms with van der Waals surface area (Å²) in [6.07, 6.45) is 2.24. The lowest BCUT2D eigenvalue weighted by atomic mass is 10.0. The fraction of sp³-hybridized carbons (Fsp3) is 0.625. The zero-order valence-electron chi connectivity index (χ0n) is 12.7. The molecule has 0 fully saturated rings. The summed E-state index contributed by atoms with van der Waals surface area (Å²) < 4.78 is 19.7. The molecule has 0 aromatic heterocycles. The molecule has 3 heteroatoms. The largest absolute Gasteiger partial charge is 0.490 e. The predicted octanol–water partition coefficient (Wildman–Crippen LogP) is 4.37. The highest BCUT2D eigenvalue weighted by Gasteiger charge is 2.16. The first-order valence-electron chi connectivity index (χ1n) is 7.19. The smallest absolute Gasteiger partial charge is 0.126 e. The number of halogens is 1. The highest BCUT2D eigenvalue weighted by atomic mass is 19.1. The van der Waals surface area contributed by atoms with Crippen LogP contribution in [-0.2, 0) is 0 Å². The van der Waals surface area contributed by atoms with Crippen LogP contribution in [0.5, 0.6) is 5.75 Å². The van der Waals surface area contributed by atoms with Crippen LogP contribution >= 0.6 is 0 Å². The molecule has 108 valence electrons. The lowest BCUT2D eigenvalue weighted by Crippen LogP contribution is -2.20. The number of hydrogen-bond acceptors (Lipinski definition) is 2. The summed E-state index contributed by atoms with van der Waals surface area (Å²) in [5.74, 6) is 0.628. The van der Waals surface area contributed by atoms with Crippen LogP contribution in [0.25, 0.3) is 0 Å². The average molecular weight is 267 g/mol. The first kappa shape index (κ1) is 16.0. The predicted molar refractivity (Wildman–Crippen MR) is 78.2 cm³/mol. The van der Waals surface area contributed by atoms with Crippen LogP contribution in [0.1, 0.15) is 57.7 Å². The Balaban J connectivity index is 3.02. The Hall–Kier alpha value is -1.09. The SMILES string of the molecule is CCCC(C)Oc1cc(C)c(F)cc1C(C)NCC. The molecule has 0 radical (unpaired) electrons. The number of hydrogen-bond donors (Lipinski definition) is 1. The Morgan fingerprint density at radius 2 is 1.95 bits per heavy atom. The van der Waals surface area contributed by atoms with Crippen molar-refractivity contribution >= 4 is 0 Å². The van der Waals surface area contributed by atoms with Crippen molar-refractivity contribution in [1.82, 2.24) is 5.32 Å². The van der Waals surface area contributed by atoms with Crippen molar-refractivity contribution in [1.29, 1.82) is 0 Å². The van der Waals surface area contributed by atoms with E-state index in [1.165, 1.54) is 0 Å². The van der Waals surface area contributed by atoms with Gasteiger partial charge in [0.25, 0.3) is 0 Å². The van der Waals surface area contributed by atoms with Crippen LogP contribution in [0.2, 0.25) is 0 Å². The monoisotopic (exact) mass is 267 g/mol. The van der Waals surface area contributed by atoms with E-state index < -0.39 is 0 Å². The van der Waals surface area contributed by atoms with Gasteiger partial charge in [0, 0.05) is 11.6 Å². The maximum atomic E-state index is 13.8. The molecule has 0 bridgehead atoms. The summed E-state index contributed by atoms with van der Waals surface area (Å²) in [5, 5.41) is 3.31. The Labute approximate surface area is 116 Å². The van der Waals surface area contributed by atoms with E-state index in [2.05, 4.69) is 19.2 Å². The van der Waals surface area contributed by atoms with Gasteiger partial charge in [-0.1, -0.05) is 20.3 Å². The van der Waals surface area contributed by atoms with E-state index in [0.717, 1.165) is 30.7 Å². The zero-order chi connectivity index (χ0) is 14.4. The molecule has 1 N–H and O–H groups in total. The third kappa shape index (κ3) is 4.50. The van der Waals surface area contributed by atoms with E-state index in [4.69, 9.17) is 4.74 Å². The second-order valence-electron chi connectivity index (χ2n) is 5.14. The van der Waals surface area contributed by atoms with Crippen molar-refractivity contribution < 1.29 is 9.13 Å². The standard InChI is InChI=1S/C16H26FNO/c1-6-8-12(4)19-16-9-11(3)15(17)10-14(16)13(5)18-7-2/h9-10,12-13,18H,6-8H2,1-5H3. The van der Waals surface area contributed by atoms with Crippen LogP contribution in [0.3, 0.4) is 0 Å². The first-order valence-corrected chi connectivity index (χ1v) is 7.19. The van der Waals surface area contributed by atoms with E-state index in [1.54, 1.807) is 13.0 Å². The number of nitrogens with one attached hydrogen (secondary N) is 1. The third-order valence-corrected chi connectivity index (χ3v) is 3.29. The van der Waals surface area contributed by atoms with Gasteiger partial charge in [-0.3, -0.25) is 0 Å². The minimum absolute atomic E-state index is 0.0870. The molecule has 0 aliphatic heterocycles. The minimum atomic E-state index is -0.171. The van der Waals surface area contributed by atoms with E-state index in [9.17, 15) is 4.39 Å². The van der Waals surface area contributed by atoms with Gasteiger partial charge in [-0.15, -0.1) is 0 Å². The summed E-state index contributed by atoms with van der Waals surface area (Å²) in [5.41, 5.74) is 1.53. The van der Waals surface area contributed by atoms with Gasteiger partial charge in [-0.2, -0.15) is 0 Å². The molecular weight excluding hydrogens is 241 g/mol. The fourth-order valence-electron chi connectivity index (χ4n) is 2.21. The molecule has 1 aromatic carbocycles. The second kappa shape index (κ2) is 7.49. The second-order valence-corrected chi connectivity index (χ2v) is 5.14. The minimum Gasteiger partial charge on any atom is -0.490 e. The van der Waals surface area contributed by atoms with Crippen LogP contribution in [-0.4, -0.2) is 12.6 Å². The van der Waals surface area contributed by atoms with Gasteiger partial charge >= 0.3 is 0 Å². The molecule has 19 heavy (non-hydrogen) atoms. The lowest BCUT2D eigenvalue weighted by Gasteiger charge is -2.21. The van der Waals surface area contributed by atoms with Crippen LogP contribution in [0.15, 0.2) is 12.1 Å². The molecule has 0 amide bonds. The van der Waals surface area contributed by atoms with Gasteiger partial charge < -0.3 is 10.1 Å². The van der Waals surface area contributed by atoms with Gasteiger partial charge in [0.2, 0.25) is 0 Å². The summed E-state index contributed by atoms with van der Waals surface area (Å²) in [6, 6.07) is 3.49. The molecule has 1 aromatic rings. The van der Waals surface area contributed by atoms with Gasteiger partial charge in [0.15, 0.2) is 0 Å². The maximum absolute atomic E-state index is 13.8. The van der Waals surface area contributed by atoms with Gasteiger partial charge in [0.1, 0.15) is 11.6 Å².